The van der Waals surface area contributed by atoms with Crippen LogP contribution >= 0.6 is 0 Å². The summed E-state index contributed by atoms with van der Waals surface area (Å²) in [6, 6.07) is 7.62. The van der Waals surface area contributed by atoms with Crippen molar-refractivity contribution in [3.8, 4) is 6.07 Å². The van der Waals surface area contributed by atoms with E-state index < -0.39 is 0 Å². The summed E-state index contributed by atoms with van der Waals surface area (Å²) in [5.41, 5.74) is 2.98. The summed E-state index contributed by atoms with van der Waals surface area (Å²) in [4.78, 5) is 15.3. The molecule has 0 radical (unpaired) electrons. The zero-order valence-electron chi connectivity index (χ0n) is 10.5. The number of carbonyl (C=O) groups is 1. The number of benzene rings is 1. The van der Waals surface area contributed by atoms with Gasteiger partial charge in [-0.15, -0.1) is 0 Å². The van der Waals surface area contributed by atoms with Gasteiger partial charge in [0.25, 0.3) is 0 Å². The Hall–Kier alpha value is -2.41. The normalized spacial score (nSPS) is 10.6. The van der Waals surface area contributed by atoms with Crippen LogP contribution in [-0.4, -0.2) is 25.2 Å². The van der Waals surface area contributed by atoms with Gasteiger partial charge >= 0.3 is 0 Å². The molecule has 4 heteroatoms. The van der Waals surface area contributed by atoms with E-state index in [0.717, 1.165) is 11.1 Å². The minimum atomic E-state index is -0.261. The molecule has 0 aliphatic carbocycles. The summed E-state index contributed by atoms with van der Waals surface area (Å²) in [5, 5.41) is 11.8. The number of rotatable bonds is 4. The Morgan fingerprint density at radius 2 is 2.33 bits per heavy atom. The number of carbonyl (C=O) groups excluding carboxylic acids is 1. The fourth-order valence-corrected chi connectivity index (χ4v) is 1.67. The quantitative estimate of drug-likeness (QED) is 0.642. The maximum atomic E-state index is 11.2. The number of aryl methyl sites for hydroxylation is 1. The largest absolute Gasteiger partial charge is 0.347 e. The molecule has 92 valence electrons. The van der Waals surface area contributed by atoms with Gasteiger partial charge in [-0.25, -0.2) is 0 Å². The van der Waals surface area contributed by atoms with Crippen molar-refractivity contribution >= 4 is 11.6 Å². The average Bonchev–Trinajstić information content (AvgIpc) is 2.40. The van der Waals surface area contributed by atoms with E-state index in [4.69, 9.17) is 5.26 Å². The molecule has 0 atom stereocenters. The van der Waals surface area contributed by atoms with E-state index in [2.05, 4.69) is 23.0 Å². The first-order valence-electron chi connectivity index (χ1n) is 5.50. The molecule has 0 spiro atoms. The molecule has 1 amide bonds. The van der Waals surface area contributed by atoms with Gasteiger partial charge in [0.05, 0.1) is 23.9 Å². The first-order valence-corrected chi connectivity index (χ1v) is 5.50. The van der Waals surface area contributed by atoms with Gasteiger partial charge in [-0.3, -0.25) is 9.79 Å². The second-order valence-corrected chi connectivity index (χ2v) is 3.70. The third-order valence-electron chi connectivity index (χ3n) is 2.57. The standard InChI is InChI=1S/C14H15N3O/c1-4-13(18)17-9-12(16-3)14-10(2)6-5-7-11(14)8-15/h4-7H,1,9H2,2-3H3,(H,17,18). The Balaban J connectivity index is 3.07. The molecule has 4 nitrogen and oxygen atoms in total. The highest BCUT2D eigenvalue weighted by molar-refractivity contribution is 6.06. The van der Waals surface area contributed by atoms with Gasteiger partial charge in [-0.1, -0.05) is 18.7 Å². The zero-order chi connectivity index (χ0) is 13.5. The molecule has 0 aliphatic rings. The van der Waals surface area contributed by atoms with Crippen LogP contribution in [0.3, 0.4) is 0 Å². The Morgan fingerprint density at radius 1 is 1.61 bits per heavy atom. The summed E-state index contributed by atoms with van der Waals surface area (Å²) in [5.74, 6) is -0.261. The van der Waals surface area contributed by atoms with Gasteiger partial charge in [-0.2, -0.15) is 5.26 Å². The first-order chi connectivity index (χ1) is 8.63. The second kappa shape index (κ2) is 6.36. The van der Waals surface area contributed by atoms with E-state index in [9.17, 15) is 4.79 Å². The number of hydrogen-bond donors (Lipinski definition) is 1. The number of nitrogens with zero attached hydrogens (tertiary/aromatic N) is 2. The van der Waals surface area contributed by atoms with E-state index in [1.54, 1.807) is 13.1 Å². The molecular weight excluding hydrogens is 226 g/mol. The highest BCUT2D eigenvalue weighted by Crippen LogP contribution is 2.14. The number of nitriles is 1. The van der Waals surface area contributed by atoms with Crippen molar-refractivity contribution in [3.05, 3.63) is 47.5 Å². The smallest absolute Gasteiger partial charge is 0.243 e. The third kappa shape index (κ3) is 3.05. The summed E-state index contributed by atoms with van der Waals surface area (Å²) in [6.07, 6.45) is 1.20. The van der Waals surface area contributed by atoms with Crippen molar-refractivity contribution in [2.24, 2.45) is 4.99 Å². The SMILES string of the molecule is C=CC(=O)NCC(=NC)c1c(C)cccc1C#N. The number of hydrogen-bond acceptors (Lipinski definition) is 3. The minimum absolute atomic E-state index is 0.261. The van der Waals surface area contributed by atoms with Crippen molar-refractivity contribution in [2.45, 2.75) is 6.92 Å². The highest BCUT2D eigenvalue weighted by Gasteiger charge is 2.12. The molecule has 18 heavy (non-hydrogen) atoms. The Bertz CT molecular complexity index is 538. The van der Waals surface area contributed by atoms with E-state index in [0.29, 0.717) is 11.3 Å². The van der Waals surface area contributed by atoms with Gasteiger partial charge in [0.15, 0.2) is 0 Å². The van der Waals surface area contributed by atoms with Crippen molar-refractivity contribution in [1.29, 1.82) is 5.26 Å². The van der Waals surface area contributed by atoms with E-state index in [1.165, 1.54) is 6.08 Å². The van der Waals surface area contributed by atoms with Gasteiger partial charge in [-0.05, 0) is 24.6 Å². The van der Waals surface area contributed by atoms with Crippen LogP contribution in [0.5, 0.6) is 0 Å². The summed E-state index contributed by atoms with van der Waals surface area (Å²) >= 11 is 0. The van der Waals surface area contributed by atoms with E-state index >= 15 is 0 Å². The van der Waals surface area contributed by atoms with Crippen LogP contribution in [-0.2, 0) is 4.79 Å². The Labute approximate surface area is 107 Å². The highest BCUT2D eigenvalue weighted by atomic mass is 16.1. The zero-order valence-corrected chi connectivity index (χ0v) is 10.5. The molecule has 1 aromatic rings. The topological polar surface area (TPSA) is 65.2 Å². The van der Waals surface area contributed by atoms with Gasteiger partial charge in [0.2, 0.25) is 5.91 Å². The first kappa shape index (κ1) is 13.7. The molecule has 0 unspecified atom stereocenters. The van der Waals surface area contributed by atoms with E-state index in [1.807, 2.05) is 19.1 Å². The van der Waals surface area contributed by atoms with Gasteiger partial charge in [0.1, 0.15) is 0 Å². The lowest BCUT2D eigenvalue weighted by molar-refractivity contribution is -0.116. The molecule has 1 rings (SSSR count). The molecule has 0 saturated carbocycles. The molecule has 0 aliphatic heterocycles. The maximum absolute atomic E-state index is 11.2. The van der Waals surface area contributed by atoms with Crippen LogP contribution in [0.2, 0.25) is 0 Å². The lowest BCUT2D eigenvalue weighted by Crippen LogP contribution is -2.29. The molecule has 0 fully saturated rings. The number of nitrogens with one attached hydrogen (secondary N) is 1. The Morgan fingerprint density at radius 3 is 2.89 bits per heavy atom. The average molecular weight is 241 g/mol. The second-order valence-electron chi connectivity index (χ2n) is 3.70. The van der Waals surface area contributed by atoms with Crippen molar-refractivity contribution in [2.75, 3.05) is 13.6 Å². The van der Waals surface area contributed by atoms with Crippen LogP contribution in [0.25, 0.3) is 0 Å². The van der Waals surface area contributed by atoms with Crippen LogP contribution in [0.1, 0.15) is 16.7 Å². The van der Waals surface area contributed by atoms with Crippen LogP contribution in [0.15, 0.2) is 35.8 Å². The van der Waals surface area contributed by atoms with Crippen LogP contribution < -0.4 is 5.32 Å². The number of amides is 1. The lowest BCUT2D eigenvalue weighted by atomic mass is 9.98. The molecule has 1 N–H and O–H groups in total. The third-order valence-corrected chi connectivity index (χ3v) is 2.57. The predicted octanol–water partition coefficient (Wildman–Crippen LogP) is 1.59. The van der Waals surface area contributed by atoms with Crippen LogP contribution in [0.4, 0.5) is 0 Å². The minimum Gasteiger partial charge on any atom is -0.347 e. The van der Waals surface area contributed by atoms with Crippen molar-refractivity contribution in [1.82, 2.24) is 5.32 Å². The van der Waals surface area contributed by atoms with Gasteiger partial charge < -0.3 is 5.32 Å². The fourth-order valence-electron chi connectivity index (χ4n) is 1.67. The monoisotopic (exact) mass is 241 g/mol. The molecular formula is C14H15N3O. The van der Waals surface area contributed by atoms with Crippen molar-refractivity contribution < 1.29 is 4.79 Å². The number of aliphatic imine (C=N–C) groups is 1. The molecule has 0 aromatic heterocycles. The maximum Gasteiger partial charge on any atom is 0.243 e. The Kier molecular flexibility index (Phi) is 4.82. The molecule has 0 heterocycles. The van der Waals surface area contributed by atoms with Crippen LogP contribution in [0, 0.1) is 18.3 Å². The fraction of sp³-hybridized carbons (Fsp3) is 0.214. The summed E-state index contributed by atoms with van der Waals surface area (Å²) in [6.45, 7) is 5.58. The van der Waals surface area contributed by atoms with Gasteiger partial charge in [0, 0.05) is 12.6 Å². The predicted molar refractivity (Wildman–Crippen MR) is 71.6 cm³/mol. The van der Waals surface area contributed by atoms with Crippen molar-refractivity contribution in [3.63, 3.8) is 0 Å². The summed E-state index contributed by atoms with van der Waals surface area (Å²) < 4.78 is 0. The molecule has 1 aromatic carbocycles. The molecule has 0 bridgehead atoms. The van der Waals surface area contributed by atoms with E-state index in [-0.39, 0.29) is 12.5 Å². The lowest BCUT2D eigenvalue weighted by Gasteiger charge is -2.11. The molecule has 0 saturated heterocycles. The summed E-state index contributed by atoms with van der Waals surface area (Å²) in [7, 11) is 1.64.